The lowest BCUT2D eigenvalue weighted by Gasteiger charge is -2.33. The molecule has 0 spiro atoms. The number of aliphatic hydroxyl groups is 1. The van der Waals surface area contributed by atoms with E-state index in [4.69, 9.17) is 9.84 Å². The fourth-order valence-electron chi connectivity index (χ4n) is 2.24. The highest BCUT2D eigenvalue weighted by atomic mass is 16.5. The monoisotopic (exact) mass is 288 g/mol. The van der Waals surface area contributed by atoms with Crippen LogP contribution < -0.4 is 5.32 Å². The second-order valence-electron chi connectivity index (χ2n) is 5.47. The standard InChI is InChI=1S/C16H20N2O3/c1-16(6-10-21-11-7-16)12-18-15(20)14-13(5-3-9-19)4-2-8-17-14/h2,4,8,19H,6-7,9-12H2,1H3,(H,18,20). The highest BCUT2D eigenvalue weighted by Gasteiger charge is 2.28. The molecule has 2 N–H and O–H groups in total. The van der Waals surface area contributed by atoms with Gasteiger partial charge in [0.2, 0.25) is 0 Å². The van der Waals surface area contributed by atoms with Gasteiger partial charge in [-0.05, 0) is 30.4 Å². The maximum Gasteiger partial charge on any atom is 0.271 e. The van der Waals surface area contributed by atoms with E-state index in [0.29, 0.717) is 17.8 Å². The number of hydrogen-bond donors (Lipinski definition) is 2. The summed E-state index contributed by atoms with van der Waals surface area (Å²) < 4.78 is 5.35. The molecule has 0 atom stereocenters. The van der Waals surface area contributed by atoms with Crippen LogP contribution in [-0.4, -0.2) is 42.4 Å². The van der Waals surface area contributed by atoms with E-state index in [1.54, 1.807) is 18.3 Å². The van der Waals surface area contributed by atoms with Crippen LogP contribution in [0.2, 0.25) is 0 Å². The van der Waals surface area contributed by atoms with Crippen LogP contribution in [0.15, 0.2) is 18.3 Å². The summed E-state index contributed by atoms with van der Waals surface area (Å²) in [6, 6.07) is 3.44. The number of hydrogen-bond acceptors (Lipinski definition) is 4. The van der Waals surface area contributed by atoms with Crippen molar-refractivity contribution in [1.82, 2.24) is 10.3 Å². The van der Waals surface area contributed by atoms with Crippen molar-refractivity contribution < 1.29 is 14.6 Å². The van der Waals surface area contributed by atoms with E-state index >= 15 is 0 Å². The summed E-state index contributed by atoms with van der Waals surface area (Å²) in [4.78, 5) is 16.4. The van der Waals surface area contributed by atoms with Gasteiger partial charge < -0.3 is 15.2 Å². The molecule has 2 heterocycles. The third-order valence-electron chi connectivity index (χ3n) is 3.70. The molecule has 112 valence electrons. The van der Waals surface area contributed by atoms with E-state index in [2.05, 4.69) is 29.1 Å². The Morgan fingerprint density at radius 2 is 2.29 bits per heavy atom. The van der Waals surface area contributed by atoms with Crippen molar-refractivity contribution in [3.05, 3.63) is 29.6 Å². The molecule has 0 aromatic carbocycles. The summed E-state index contributed by atoms with van der Waals surface area (Å²) in [5.74, 6) is 5.06. The number of aromatic nitrogens is 1. The maximum absolute atomic E-state index is 12.3. The van der Waals surface area contributed by atoms with Crippen LogP contribution in [0.1, 0.15) is 35.8 Å². The van der Waals surface area contributed by atoms with Gasteiger partial charge in [0.15, 0.2) is 0 Å². The predicted octanol–water partition coefficient (Wildman–Crippen LogP) is 0.972. The molecule has 1 fully saturated rings. The number of nitrogens with one attached hydrogen (secondary N) is 1. The predicted molar refractivity (Wildman–Crippen MR) is 78.7 cm³/mol. The average molecular weight is 288 g/mol. The van der Waals surface area contributed by atoms with E-state index in [1.165, 1.54) is 0 Å². The number of ether oxygens (including phenoxy) is 1. The molecule has 1 aromatic heterocycles. The third kappa shape index (κ3) is 4.28. The van der Waals surface area contributed by atoms with Crippen LogP contribution in [0.4, 0.5) is 0 Å². The Kier molecular flexibility index (Phi) is 5.32. The number of aliphatic hydroxyl groups excluding tert-OH is 1. The van der Waals surface area contributed by atoms with Crippen LogP contribution >= 0.6 is 0 Å². The summed E-state index contributed by atoms with van der Waals surface area (Å²) in [5, 5.41) is 11.7. The summed E-state index contributed by atoms with van der Waals surface area (Å²) in [5.41, 5.74) is 0.898. The lowest BCUT2D eigenvalue weighted by atomic mass is 9.82. The van der Waals surface area contributed by atoms with Crippen LogP contribution in [0.3, 0.4) is 0 Å². The van der Waals surface area contributed by atoms with Crippen molar-refractivity contribution in [3.8, 4) is 11.8 Å². The molecule has 0 aliphatic carbocycles. The van der Waals surface area contributed by atoms with Gasteiger partial charge in [0.25, 0.3) is 5.91 Å². The Bertz CT molecular complexity index is 554. The van der Waals surface area contributed by atoms with Crippen molar-refractivity contribution in [3.63, 3.8) is 0 Å². The topological polar surface area (TPSA) is 71.5 Å². The third-order valence-corrected chi connectivity index (χ3v) is 3.70. The SMILES string of the molecule is CC1(CNC(=O)c2ncccc2C#CCO)CCOCC1. The number of carbonyl (C=O) groups is 1. The number of carbonyl (C=O) groups excluding carboxylic acids is 1. The van der Waals surface area contributed by atoms with E-state index < -0.39 is 0 Å². The van der Waals surface area contributed by atoms with Gasteiger partial charge in [-0.25, -0.2) is 4.98 Å². The van der Waals surface area contributed by atoms with Gasteiger partial charge in [-0.3, -0.25) is 4.79 Å². The number of rotatable bonds is 3. The first-order valence-electron chi connectivity index (χ1n) is 7.05. The van der Waals surface area contributed by atoms with Gasteiger partial charge >= 0.3 is 0 Å². The van der Waals surface area contributed by atoms with Crippen LogP contribution in [0.25, 0.3) is 0 Å². The highest BCUT2D eigenvalue weighted by Crippen LogP contribution is 2.28. The fourth-order valence-corrected chi connectivity index (χ4v) is 2.24. The molecule has 1 saturated heterocycles. The van der Waals surface area contributed by atoms with Gasteiger partial charge in [0.05, 0.1) is 5.56 Å². The summed E-state index contributed by atoms with van der Waals surface area (Å²) >= 11 is 0. The zero-order valence-electron chi connectivity index (χ0n) is 12.2. The smallest absolute Gasteiger partial charge is 0.271 e. The van der Waals surface area contributed by atoms with Gasteiger partial charge in [0.1, 0.15) is 12.3 Å². The molecule has 1 amide bonds. The van der Waals surface area contributed by atoms with Crippen molar-refractivity contribution >= 4 is 5.91 Å². The quantitative estimate of drug-likeness (QED) is 0.813. The fraction of sp³-hybridized carbons (Fsp3) is 0.500. The number of nitrogens with zero attached hydrogens (tertiary/aromatic N) is 1. The molecule has 0 unspecified atom stereocenters. The molecule has 1 aliphatic heterocycles. The highest BCUT2D eigenvalue weighted by molar-refractivity contribution is 5.94. The Morgan fingerprint density at radius 1 is 1.52 bits per heavy atom. The van der Waals surface area contributed by atoms with E-state index in [0.717, 1.165) is 26.1 Å². The largest absolute Gasteiger partial charge is 0.384 e. The summed E-state index contributed by atoms with van der Waals surface area (Å²) in [6.07, 6.45) is 3.44. The van der Waals surface area contributed by atoms with Gasteiger partial charge in [-0.1, -0.05) is 18.8 Å². The van der Waals surface area contributed by atoms with Crippen molar-refractivity contribution in [2.45, 2.75) is 19.8 Å². The second-order valence-corrected chi connectivity index (χ2v) is 5.47. The zero-order valence-corrected chi connectivity index (χ0v) is 12.2. The molecule has 2 rings (SSSR count). The first-order valence-corrected chi connectivity index (χ1v) is 7.05. The molecule has 1 aliphatic rings. The van der Waals surface area contributed by atoms with Gasteiger partial charge in [0, 0.05) is 26.0 Å². The van der Waals surface area contributed by atoms with Crippen LogP contribution in [0, 0.1) is 17.3 Å². The lowest BCUT2D eigenvalue weighted by molar-refractivity contribution is 0.0238. The van der Waals surface area contributed by atoms with Crippen molar-refractivity contribution in [2.24, 2.45) is 5.41 Å². The molecule has 5 heteroatoms. The van der Waals surface area contributed by atoms with E-state index in [9.17, 15) is 4.79 Å². The van der Waals surface area contributed by atoms with Crippen LogP contribution in [0.5, 0.6) is 0 Å². The first-order chi connectivity index (χ1) is 10.1. The maximum atomic E-state index is 12.3. The van der Waals surface area contributed by atoms with Gasteiger partial charge in [-0.15, -0.1) is 0 Å². The minimum atomic E-state index is -0.242. The molecule has 21 heavy (non-hydrogen) atoms. The lowest BCUT2D eigenvalue weighted by Crippen LogP contribution is -2.39. The van der Waals surface area contributed by atoms with E-state index in [1.807, 2.05) is 0 Å². The Labute approximate surface area is 124 Å². The number of amides is 1. The normalized spacial score (nSPS) is 16.7. The minimum absolute atomic E-state index is 0.0691. The number of pyridine rings is 1. The second kappa shape index (κ2) is 7.21. The first kappa shape index (κ1) is 15.5. The molecule has 5 nitrogen and oxygen atoms in total. The molecule has 0 bridgehead atoms. The van der Waals surface area contributed by atoms with Crippen molar-refractivity contribution in [1.29, 1.82) is 0 Å². The van der Waals surface area contributed by atoms with E-state index in [-0.39, 0.29) is 17.9 Å². The molecule has 1 aromatic rings. The Hall–Kier alpha value is -1.90. The summed E-state index contributed by atoms with van der Waals surface area (Å²) in [6.45, 7) is 3.99. The average Bonchev–Trinajstić information content (AvgIpc) is 2.52. The zero-order chi connectivity index (χ0) is 15.1. The molecular formula is C16H20N2O3. The molecule has 0 saturated carbocycles. The summed E-state index contributed by atoms with van der Waals surface area (Å²) in [7, 11) is 0. The minimum Gasteiger partial charge on any atom is -0.384 e. The molecular weight excluding hydrogens is 268 g/mol. The van der Waals surface area contributed by atoms with Gasteiger partial charge in [-0.2, -0.15) is 0 Å². The molecule has 0 radical (unpaired) electrons. The Morgan fingerprint density at radius 3 is 3.00 bits per heavy atom. The van der Waals surface area contributed by atoms with Crippen molar-refractivity contribution in [2.75, 3.05) is 26.4 Å². The van der Waals surface area contributed by atoms with Crippen LogP contribution in [-0.2, 0) is 4.74 Å². The Balaban J connectivity index is 2.03.